The lowest BCUT2D eigenvalue weighted by Crippen LogP contribution is -2.22. The maximum Gasteiger partial charge on any atom is 0.248 e. The highest BCUT2D eigenvalue weighted by atomic mass is 16.1. The Morgan fingerprint density at radius 1 is 1.04 bits per heavy atom. The molecule has 1 amide bonds. The summed E-state index contributed by atoms with van der Waals surface area (Å²) in [5.74, 6) is 0.662. The van der Waals surface area contributed by atoms with Crippen LogP contribution < -0.4 is 5.49 Å². The molecule has 5 nitrogen and oxygen atoms in total. The molecule has 5 heteroatoms. The normalized spacial score (nSPS) is 11.8. The van der Waals surface area contributed by atoms with Gasteiger partial charge in [0.2, 0.25) is 5.91 Å². The summed E-state index contributed by atoms with van der Waals surface area (Å²) in [6.45, 7) is 2.75. The molecule has 0 fully saturated rings. The fraction of sp³-hybridized carbons (Fsp3) is 0.174. The Bertz CT molecular complexity index is 1140. The highest BCUT2D eigenvalue weighted by Gasteiger charge is 2.06. The number of benzene rings is 2. The second-order valence-electron chi connectivity index (χ2n) is 6.88. The molecule has 0 atom stereocenters. The Morgan fingerprint density at radius 3 is 2.64 bits per heavy atom. The first-order valence-electron chi connectivity index (χ1n) is 9.39. The molecule has 0 unspecified atom stereocenters. The van der Waals surface area contributed by atoms with E-state index in [9.17, 15) is 4.79 Å². The first-order chi connectivity index (χ1) is 13.7. The molecular formula is C23H22N4O. The summed E-state index contributed by atoms with van der Waals surface area (Å²) in [6.07, 6.45) is 2.81. The van der Waals surface area contributed by atoms with Gasteiger partial charge in [0, 0.05) is 25.6 Å². The Kier molecular flexibility index (Phi) is 5.15. The highest BCUT2D eigenvalue weighted by Crippen LogP contribution is 2.11. The first kappa shape index (κ1) is 17.9. The van der Waals surface area contributed by atoms with Crippen LogP contribution in [0.4, 0.5) is 0 Å². The van der Waals surface area contributed by atoms with Crippen molar-refractivity contribution in [3.8, 4) is 0 Å². The number of nitrogens with one attached hydrogen (secondary N) is 1. The standard InChI is InChI=1S/C23H22N4O/c1-17-9-11-18(12-10-17)16-27-15-5-4-8-22(27)26-23(28)14-13-21-24-19-6-2-3-7-20(19)25-21/h2-12,15H,13-14,16H2,1H3,(H,24,25). The molecule has 2 aromatic heterocycles. The van der Waals surface area contributed by atoms with Crippen LogP contribution >= 0.6 is 0 Å². The Morgan fingerprint density at radius 2 is 1.82 bits per heavy atom. The monoisotopic (exact) mass is 370 g/mol. The van der Waals surface area contributed by atoms with Crippen LogP contribution in [0.5, 0.6) is 0 Å². The number of amides is 1. The average Bonchev–Trinajstić information content (AvgIpc) is 3.13. The maximum absolute atomic E-state index is 12.4. The largest absolute Gasteiger partial charge is 0.342 e. The van der Waals surface area contributed by atoms with Crippen LogP contribution in [-0.2, 0) is 17.8 Å². The number of imidazole rings is 1. The predicted octanol–water partition coefficient (Wildman–Crippen LogP) is 3.78. The summed E-state index contributed by atoms with van der Waals surface area (Å²) in [6, 6.07) is 22.0. The summed E-state index contributed by atoms with van der Waals surface area (Å²) in [4.78, 5) is 24.5. The van der Waals surface area contributed by atoms with Gasteiger partial charge in [-0.25, -0.2) is 4.98 Å². The van der Waals surface area contributed by atoms with Gasteiger partial charge in [0.15, 0.2) is 0 Å². The lowest BCUT2D eigenvalue weighted by molar-refractivity contribution is -0.118. The summed E-state index contributed by atoms with van der Waals surface area (Å²) in [5.41, 5.74) is 4.97. The van der Waals surface area contributed by atoms with E-state index in [1.807, 2.05) is 53.2 Å². The lowest BCUT2D eigenvalue weighted by atomic mass is 10.1. The fourth-order valence-corrected chi connectivity index (χ4v) is 3.13. The van der Waals surface area contributed by atoms with Crippen molar-refractivity contribution in [1.29, 1.82) is 0 Å². The summed E-state index contributed by atoms with van der Waals surface area (Å²) < 4.78 is 1.99. The van der Waals surface area contributed by atoms with E-state index in [1.54, 1.807) is 0 Å². The maximum atomic E-state index is 12.4. The number of hydrogen-bond acceptors (Lipinski definition) is 2. The molecule has 4 rings (SSSR count). The van der Waals surface area contributed by atoms with Crippen LogP contribution in [0.3, 0.4) is 0 Å². The van der Waals surface area contributed by atoms with Crippen LogP contribution in [0.1, 0.15) is 23.4 Å². The number of hydrogen-bond donors (Lipinski definition) is 1. The number of rotatable bonds is 5. The van der Waals surface area contributed by atoms with Gasteiger partial charge in [0.05, 0.1) is 11.0 Å². The van der Waals surface area contributed by atoms with Crippen molar-refractivity contribution in [3.63, 3.8) is 0 Å². The van der Waals surface area contributed by atoms with Crippen LogP contribution in [0.25, 0.3) is 11.0 Å². The molecule has 0 aliphatic heterocycles. The average molecular weight is 370 g/mol. The minimum Gasteiger partial charge on any atom is -0.342 e. The van der Waals surface area contributed by atoms with Gasteiger partial charge in [-0.1, -0.05) is 48.0 Å². The number of carbonyl (C=O) groups excluding carboxylic acids is 1. The highest BCUT2D eigenvalue weighted by molar-refractivity contribution is 5.77. The molecule has 1 N–H and O–H groups in total. The number of aromatic amines is 1. The SMILES string of the molecule is Cc1ccc(Cn2ccccc2=NC(=O)CCc2nc3ccccc3[nH]2)cc1. The zero-order valence-electron chi connectivity index (χ0n) is 15.8. The molecule has 0 aliphatic carbocycles. The van der Waals surface area contributed by atoms with Gasteiger partial charge in [-0.2, -0.15) is 4.99 Å². The molecule has 0 aliphatic rings. The number of H-pyrrole nitrogens is 1. The van der Waals surface area contributed by atoms with E-state index in [0.717, 1.165) is 16.9 Å². The number of nitrogens with zero attached hydrogens (tertiary/aromatic N) is 3. The smallest absolute Gasteiger partial charge is 0.248 e. The number of carbonyl (C=O) groups is 1. The number of aryl methyl sites for hydroxylation is 2. The van der Waals surface area contributed by atoms with Gasteiger partial charge in [-0.05, 0) is 36.8 Å². The van der Waals surface area contributed by atoms with Gasteiger partial charge in [0.25, 0.3) is 0 Å². The van der Waals surface area contributed by atoms with Crippen molar-refractivity contribution in [2.45, 2.75) is 26.3 Å². The minimum absolute atomic E-state index is 0.149. The minimum atomic E-state index is -0.149. The molecular weight excluding hydrogens is 348 g/mol. The van der Waals surface area contributed by atoms with Crippen LogP contribution in [0.15, 0.2) is 77.9 Å². The molecule has 28 heavy (non-hydrogen) atoms. The van der Waals surface area contributed by atoms with Crippen LogP contribution in [-0.4, -0.2) is 20.4 Å². The van der Waals surface area contributed by atoms with Crippen LogP contribution in [0.2, 0.25) is 0 Å². The molecule has 2 heterocycles. The van der Waals surface area contributed by atoms with E-state index in [4.69, 9.17) is 0 Å². The molecule has 0 saturated carbocycles. The second-order valence-corrected chi connectivity index (χ2v) is 6.88. The third-order valence-corrected chi connectivity index (χ3v) is 4.64. The van der Waals surface area contributed by atoms with Crippen molar-refractivity contribution < 1.29 is 4.79 Å². The van der Waals surface area contributed by atoms with Gasteiger partial charge in [0.1, 0.15) is 11.3 Å². The Balaban J connectivity index is 1.48. The predicted molar refractivity (Wildman–Crippen MR) is 110 cm³/mol. The van der Waals surface area contributed by atoms with Crippen molar-refractivity contribution in [2.24, 2.45) is 4.99 Å². The van der Waals surface area contributed by atoms with Crippen molar-refractivity contribution in [1.82, 2.24) is 14.5 Å². The number of aromatic nitrogens is 3. The van der Waals surface area contributed by atoms with Crippen LogP contribution in [0, 0.1) is 6.92 Å². The molecule has 4 aromatic rings. The van der Waals surface area contributed by atoms with Crippen molar-refractivity contribution in [3.05, 3.63) is 95.4 Å². The first-order valence-corrected chi connectivity index (χ1v) is 9.39. The number of fused-ring (bicyclic) bond motifs is 1. The molecule has 0 radical (unpaired) electrons. The van der Waals surface area contributed by atoms with E-state index < -0.39 is 0 Å². The lowest BCUT2D eigenvalue weighted by Gasteiger charge is -2.07. The van der Waals surface area contributed by atoms with Gasteiger partial charge >= 0.3 is 0 Å². The Labute approximate surface area is 163 Å². The van der Waals surface area contributed by atoms with E-state index in [-0.39, 0.29) is 5.91 Å². The van der Waals surface area contributed by atoms with Gasteiger partial charge in [-0.3, -0.25) is 4.79 Å². The van der Waals surface area contributed by atoms with E-state index in [0.29, 0.717) is 24.9 Å². The van der Waals surface area contributed by atoms with E-state index in [1.165, 1.54) is 11.1 Å². The van der Waals surface area contributed by atoms with E-state index >= 15 is 0 Å². The summed E-state index contributed by atoms with van der Waals surface area (Å²) >= 11 is 0. The zero-order valence-corrected chi connectivity index (χ0v) is 15.8. The topological polar surface area (TPSA) is 63.0 Å². The third-order valence-electron chi connectivity index (χ3n) is 4.64. The molecule has 0 spiro atoms. The quantitative estimate of drug-likeness (QED) is 0.581. The summed E-state index contributed by atoms with van der Waals surface area (Å²) in [5, 5.41) is 0. The molecule has 2 aromatic carbocycles. The van der Waals surface area contributed by atoms with Crippen molar-refractivity contribution in [2.75, 3.05) is 0 Å². The third kappa shape index (κ3) is 4.26. The van der Waals surface area contributed by atoms with Gasteiger partial charge < -0.3 is 9.55 Å². The van der Waals surface area contributed by atoms with Gasteiger partial charge in [-0.15, -0.1) is 0 Å². The molecule has 0 saturated heterocycles. The molecule has 140 valence electrons. The Hall–Kier alpha value is -3.47. The number of para-hydroxylation sites is 2. The fourth-order valence-electron chi connectivity index (χ4n) is 3.13. The van der Waals surface area contributed by atoms with Crippen molar-refractivity contribution >= 4 is 16.9 Å². The zero-order chi connectivity index (χ0) is 19.3. The number of pyridine rings is 1. The second kappa shape index (κ2) is 8.05. The summed E-state index contributed by atoms with van der Waals surface area (Å²) in [7, 11) is 0. The van der Waals surface area contributed by atoms with E-state index in [2.05, 4.69) is 46.1 Å². The molecule has 0 bridgehead atoms.